The smallest absolute Gasteiger partial charge is 0.160 e. The normalized spacial score (nSPS) is 10.3. The molecule has 0 aliphatic carbocycles. The molecule has 0 atom stereocenters. The van der Waals surface area contributed by atoms with E-state index in [0.29, 0.717) is 11.4 Å². The second-order valence-corrected chi connectivity index (χ2v) is 3.75. The predicted octanol–water partition coefficient (Wildman–Crippen LogP) is 3.31. The van der Waals surface area contributed by atoms with Crippen molar-refractivity contribution in [1.82, 2.24) is 0 Å². The summed E-state index contributed by atoms with van der Waals surface area (Å²) in [6.07, 6.45) is 0. The molecule has 0 saturated carbocycles. The Morgan fingerprint density at radius 1 is 0.941 bits per heavy atom. The van der Waals surface area contributed by atoms with Crippen LogP contribution in [0, 0.1) is 11.6 Å². The molecule has 0 heterocycles. The Bertz CT molecular complexity index is 541. The minimum Gasteiger partial charge on any atom is -0.399 e. The minimum absolute atomic E-state index is 0.564. The molecule has 4 heteroatoms. The van der Waals surface area contributed by atoms with Gasteiger partial charge in [-0.15, -0.1) is 0 Å². The fourth-order valence-electron chi connectivity index (χ4n) is 1.58. The summed E-state index contributed by atoms with van der Waals surface area (Å²) in [5.41, 5.74) is 7.67. The molecule has 0 aliphatic rings. The zero-order valence-corrected chi connectivity index (χ0v) is 9.32. The predicted molar refractivity (Wildman–Crippen MR) is 65.3 cm³/mol. The monoisotopic (exact) mass is 234 g/mol. The number of benzene rings is 2. The Balaban J connectivity index is 2.36. The second kappa shape index (κ2) is 4.41. The van der Waals surface area contributed by atoms with Gasteiger partial charge in [0.05, 0.1) is 0 Å². The van der Waals surface area contributed by atoms with Gasteiger partial charge in [-0.1, -0.05) is 6.07 Å². The molecule has 2 aromatic carbocycles. The highest BCUT2D eigenvalue weighted by Gasteiger charge is 2.08. The third-order valence-corrected chi connectivity index (χ3v) is 2.55. The van der Waals surface area contributed by atoms with Crippen molar-refractivity contribution >= 4 is 17.1 Å². The first-order chi connectivity index (χ1) is 8.08. The SMILES string of the molecule is CN(c1cccc(N)c1)c1ccc(F)c(F)c1. The van der Waals surface area contributed by atoms with Crippen LogP contribution in [-0.2, 0) is 0 Å². The minimum atomic E-state index is -0.863. The molecule has 0 bridgehead atoms. The standard InChI is InChI=1S/C13H12F2N2/c1-17(10-4-2-3-9(16)7-10)11-5-6-12(14)13(15)8-11/h2-8H,16H2,1H3. The van der Waals surface area contributed by atoms with Crippen LogP contribution < -0.4 is 10.6 Å². The summed E-state index contributed by atoms with van der Waals surface area (Å²) < 4.78 is 25.9. The van der Waals surface area contributed by atoms with E-state index >= 15 is 0 Å². The van der Waals surface area contributed by atoms with Gasteiger partial charge in [0.2, 0.25) is 0 Å². The van der Waals surface area contributed by atoms with Crippen molar-refractivity contribution in [1.29, 1.82) is 0 Å². The molecule has 88 valence electrons. The summed E-state index contributed by atoms with van der Waals surface area (Å²) in [6, 6.07) is 11.0. The molecular weight excluding hydrogens is 222 g/mol. The van der Waals surface area contributed by atoms with Crippen LogP contribution in [0.1, 0.15) is 0 Å². The molecule has 0 saturated heterocycles. The number of rotatable bonds is 2. The molecule has 2 aromatic rings. The van der Waals surface area contributed by atoms with Crippen LogP contribution in [0.5, 0.6) is 0 Å². The summed E-state index contributed by atoms with van der Waals surface area (Å²) in [7, 11) is 1.77. The van der Waals surface area contributed by atoms with Crippen LogP contribution in [0.2, 0.25) is 0 Å². The topological polar surface area (TPSA) is 29.3 Å². The van der Waals surface area contributed by atoms with E-state index in [4.69, 9.17) is 5.73 Å². The molecule has 0 aliphatic heterocycles. The van der Waals surface area contributed by atoms with Gasteiger partial charge in [0.25, 0.3) is 0 Å². The zero-order chi connectivity index (χ0) is 12.4. The summed E-state index contributed by atoms with van der Waals surface area (Å²) in [6.45, 7) is 0. The molecular formula is C13H12F2N2. The van der Waals surface area contributed by atoms with Crippen molar-refractivity contribution in [2.24, 2.45) is 0 Å². The van der Waals surface area contributed by atoms with Gasteiger partial charge in [0.1, 0.15) is 0 Å². The molecule has 0 aromatic heterocycles. The van der Waals surface area contributed by atoms with Crippen molar-refractivity contribution in [3.8, 4) is 0 Å². The van der Waals surface area contributed by atoms with Gasteiger partial charge in [-0.05, 0) is 30.3 Å². The summed E-state index contributed by atoms with van der Waals surface area (Å²) in [5.74, 6) is -1.71. The molecule has 17 heavy (non-hydrogen) atoms. The van der Waals surface area contributed by atoms with E-state index in [1.54, 1.807) is 30.1 Å². The third kappa shape index (κ3) is 2.36. The Labute approximate surface area is 98.3 Å². The van der Waals surface area contributed by atoms with E-state index < -0.39 is 11.6 Å². The van der Waals surface area contributed by atoms with Gasteiger partial charge < -0.3 is 10.6 Å². The van der Waals surface area contributed by atoms with Crippen molar-refractivity contribution in [2.45, 2.75) is 0 Å². The third-order valence-electron chi connectivity index (χ3n) is 2.55. The lowest BCUT2D eigenvalue weighted by atomic mass is 10.2. The van der Waals surface area contributed by atoms with Gasteiger partial charge in [-0.25, -0.2) is 8.78 Å². The van der Waals surface area contributed by atoms with E-state index in [9.17, 15) is 8.78 Å². The second-order valence-electron chi connectivity index (χ2n) is 3.75. The van der Waals surface area contributed by atoms with Gasteiger partial charge in [-0.2, -0.15) is 0 Å². The summed E-state index contributed by atoms with van der Waals surface area (Å²) >= 11 is 0. The Hall–Kier alpha value is -2.10. The lowest BCUT2D eigenvalue weighted by molar-refractivity contribution is 0.509. The molecule has 2 rings (SSSR count). The van der Waals surface area contributed by atoms with Crippen LogP contribution in [0.15, 0.2) is 42.5 Å². The van der Waals surface area contributed by atoms with E-state index in [0.717, 1.165) is 17.8 Å². The first-order valence-corrected chi connectivity index (χ1v) is 5.12. The molecule has 0 amide bonds. The van der Waals surface area contributed by atoms with Crippen LogP contribution in [0.3, 0.4) is 0 Å². The highest BCUT2D eigenvalue weighted by Crippen LogP contribution is 2.26. The summed E-state index contributed by atoms with van der Waals surface area (Å²) in [4.78, 5) is 1.74. The van der Waals surface area contributed by atoms with Gasteiger partial charge >= 0.3 is 0 Å². The van der Waals surface area contributed by atoms with Gasteiger partial charge in [0.15, 0.2) is 11.6 Å². The van der Waals surface area contributed by atoms with Crippen molar-refractivity contribution in [3.63, 3.8) is 0 Å². The van der Waals surface area contributed by atoms with Gasteiger partial charge in [0, 0.05) is 30.2 Å². The van der Waals surface area contributed by atoms with E-state index in [1.807, 2.05) is 6.07 Å². The van der Waals surface area contributed by atoms with Gasteiger partial charge in [-0.3, -0.25) is 0 Å². The van der Waals surface area contributed by atoms with Crippen molar-refractivity contribution < 1.29 is 8.78 Å². The van der Waals surface area contributed by atoms with Crippen molar-refractivity contribution in [2.75, 3.05) is 17.7 Å². The Kier molecular flexibility index (Phi) is 2.95. The number of anilines is 3. The first-order valence-electron chi connectivity index (χ1n) is 5.12. The maximum absolute atomic E-state index is 13.1. The first kappa shape index (κ1) is 11.4. The number of halogens is 2. The molecule has 2 N–H and O–H groups in total. The molecule has 0 radical (unpaired) electrons. The van der Waals surface area contributed by atoms with Crippen LogP contribution in [-0.4, -0.2) is 7.05 Å². The van der Waals surface area contributed by atoms with E-state index in [-0.39, 0.29) is 0 Å². The van der Waals surface area contributed by atoms with Crippen molar-refractivity contribution in [3.05, 3.63) is 54.1 Å². The fourth-order valence-corrected chi connectivity index (χ4v) is 1.58. The molecule has 0 unspecified atom stereocenters. The van der Waals surface area contributed by atoms with E-state index in [1.165, 1.54) is 6.07 Å². The number of hydrogen-bond donors (Lipinski definition) is 1. The number of nitrogens with zero attached hydrogens (tertiary/aromatic N) is 1. The van der Waals surface area contributed by atoms with Crippen LogP contribution in [0.4, 0.5) is 25.8 Å². The molecule has 2 nitrogen and oxygen atoms in total. The fraction of sp³-hybridized carbons (Fsp3) is 0.0769. The number of nitrogens with two attached hydrogens (primary N) is 1. The largest absolute Gasteiger partial charge is 0.399 e. The maximum Gasteiger partial charge on any atom is 0.160 e. The average Bonchev–Trinajstić information content (AvgIpc) is 2.32. The van der Waals surface area contributed by atoms with Crippen LogP contribution in [0.25, 0.3) is 0 Å². The quantitative estimate of drug-likeness (QED) is 0.808. The lowest BCUT2D eigenvalue weighted by Gasteiger charge is -2.19. The Morgan fingerprint density at radius 3 is 2.29 bits per heavy atom. The summed E-state index contributed by atoms with van der Waals surface area (Å²) in [5, 5.41) is 0. The van der Waals surface area contributed by atoms with E-state index in [2.05, 4.69) is 0 Å². The molecule has 0 spiro atoms. The van der Waals surface area contributed by atoms with Crippen LogP contribution >= 0.6 is 0 Å². The Morgan fingerprint density at radius 2 is 1.65 bits per heavy atom. The average molecular weight is 234 g/mol. The maximum atomic E-state index is 13.1. The lowest BCUT2D eigenvalue weighted by Crippen LogP contribution is -2.10. The number of hydrogen-bond acceptors (Lipinski definition) is 2. The zero-order valence-electron chi connectivity index (χ0n) is 9.32. The highest BCUT2D eigenvalue weighted by atomic mass is 19.2. The number of nitrogen functional groups attached to an aromatic ring is 1. The molecule has 0 fully saturated rings. The highest BCUT2D eigenvalue weighted by molar-refractivity contribution is 5.65.